The summed E-state index contributed by atoms with van der Waals surface area (Å²) in [6, 6.07) is 3.10. The van der Waals surface area contributed by atoms with E-state index in [0.717, 1.165) is 17.8 Å². The Kier molecular flexibility index (Phi) is 4.58. The lowest BCUT2D eigenvalue weighted by Crippen LogP contribution is -2.31. The van der Waals surface area contributed by atoms with Crippen LogP contribution >= 0.6 is 0 Å². The number of nitrogens with zero attached hydrogens (tertiary/aromatic N) is 1. The molecule has 1 N–H and O–H groups in total. The van der Waals surface area contributed by atoms with Crippen molar-refractivity contribution in [2.75, 3.05) is 7.11 Å². The maximum atomic E-state index is 5.44. The first-order valence-corrected chi connectivity index (χ1v) is 7.24. The molecule has 0 bridgehead atoms. The van der Waals surface area contributed by atoms with Gasteiger partial charge in [0.15, 0.2) is 0 Å². The third-order valence-electron chi connectivity index (χ3n) is 4.22. The summed E-state index contributed by atoms with van der Waals surface area (Å²) in [6.45, 7) is 8.59. The predicted molar refractivity (Wildman–Crippen MR) is 78.4 cm³/mol. The predicted octanol–water partition coefficient (Wildman–Crippen LogP) is 3.22. The number of aryl methyl sites for hydroxylation is 3. The van der Waals surface area contributed by atoms with Crippen LogP contribution in [-0.4, -0.2) is 24.2 Å². The van der Waals surface area contributed by atoms with Gasteiger partial charge in [-0.2, -0.15) is 0 Å². The standard InChI is InChI=1S/C16H26N2O/c1-10-8-11(2)17-12(3)16(10)13(4)18-14-6-7-15(9-14)19-5/h8,13-15,18H,6-7,9H2,1-5H3. The number of hydrogen-bond donors (Lipinski definition) is 1. The highest BCUT2D eigenvalue weighted by molar-refractivity contribution is 5.33. The van der Waals surface area contributed by atoms with Crippen molar-refractivity contribution in [1.29, 1.82) is 0 Å². The second-order valence-electron chi connectivity index (χ2n) is 5.84. The van der Waals surface area contributed by atoms with Crippen molar-refractivity contribution in [2.45, 2.75) is 65.1 Å². The Balaban J connectivity index is 2.06. The zero-order chi connectivity index (χ0) is 14.0. The summed E-state index contributed by atoms with van der Waals surface area (Å²) in [5, 5.41) is 3.74. The summed E-state index contributed by atoms with van der Waals surface area (Å²) < 4.78 is 5.44. The van der Waals surface area contributed by atoms with Crippen LogP contribution in [0.2, 0.25) is 0 Å². The van der Waals surface area contributed by atoms with Crippen molar-refractivity contribution in [1.82, 2.24) is 10.3 Å². The number of nitrogens with one attached hydrogen (secondary N) is 1. The van der Waals surface area contributed by atoms with Crippen LogP contribution in [-0.2, 0) is 4.74 Å². The summed E-state index contributed by atoms with van der Waals surface area (Å²) in [7, 11) is 1.81. The summed E-state index contributed by atoms with van der Waals surface area (Å²) in [6.07, 6.45) is 3.94. The van der Waals surface area contributed by atoms with E-state index in [1.165, 1.54) is 24.0 Å². The Morgan fingerprint density at radius 2 is 2.05 bits per heavy atom. The van der Waals surface area contributed by atoms with E-state index in [2.05, 4.69) is 44.1 Å². The fourth-order valence-corrected chi connectivity index (χ4v) is 3.43. The lowest BCUT2D eigenvalue weighted by molar-refractivity contribution is 0.106. The smallest absolute Gasteiger partial charge is 0.0586 e. The summed E-state index contributed by atoms with van der Waals surface area (Å²) in [5.41, 5.74) is 4.95. The second-order valence-corrected chi connectivity index (χ2v) is 5.84. The highest BCUT2D eigenvalue weighted by atomic mass is 16.5. The Labute approximate surface area is 116 Å². The molecule has 0 saturated heterocycles. The van der Waals surface area contributed by atoms with Gasteiger partial charge in [-0.3, -0.25) is 4.98 Å². The molecule has 1 aliphatic carbocycles. The third-order valence-corrected chi connectivity index (χ3v) is 4.22. The summed E-state index contributed by atoms with van der Waals surface area (Å²) in [4.78, 5) is 4.60. The molecule has 0 radical (unpaired) electrons. The highest BCUT2D eigenvalue weighted by Gasteiger charge is 2.26. The lowest BCUT2D eigenvalue weighted by Gasteiger charge is -2.23. The number of ether oxygens (including phenoxy) is 1. The molecule has 1 aliphatic rings. The van der Waals surface area contributed by atoms with Crippen LogP contribution in [0.4, 0.5) is 0 Å². The molecule has 0 aliphatic heterocycles. The number of rotatable bonds is 4. The average Bonchev–Trinajstić information content (AvgIpc) is 2.75. The van der Waals surface area contributed by atoms with Gasteiger partial charge in [-0.05, 0) is 64.2 Å². The van der Waals surface area contributed by atoms with Gasteiger partial charge in [0.25, 0.3) is 0 Å². The van der Waals surface area contributed by atoms with Gasteiger partial charge in [0.1, 0.15) is 0 Å². The normalized spacial score (nSPS) is 24.7. The Morgan fingerprint density at radius 1 is 1.32 bits per heavy atom. The maximum Gasteiger partial charge on any atom is 0.0586 e. The molecule has 1 aromatic rings. The van der Waals surface area contributed by atoms with Crippen molar-refractivity contribution in [2.24, 2.45) is 0 Å². The molecule has 3 nitrogen and oxygen atoms in total. The van der Waals surface area contributed by atoms with Gasteiger partial charge in [0, 0.05) is 30.6 Å². The van der Waals surface area contributed by atoms with Gasteiger partial charge >= 0.3 is 0 Å². The maximum absolute atomic E-state index is 5.44. The summed E-state index contributed by atoms with van der Waals surface area (Å²) in [5.74, 6) is 0. The first-order valence-electron chi connectivity index (χ1n) is 7.24. The quantitative estimate of drug-likeness (QED) is 0.904. The zero-order valence-electron chi connectivity index (χ0n) is 12.8. The molecule has 106 valence electrons. The molecule has 1 fully saturated rings. The van der Waals surface area contributed by atoms with E-state index in [-0.39, 0.29) is 0 Å². The van der Waals surface area contributed by atoms with Crippen LogP contribution in [0, 0.1) is 20.8 Å². The molecule has 3 unspecified atom stereocenters. The van der Waals surface area contributed by atoms with E-state index in [1.807, 2.05) is 7.11 Å². The Morgan fingerprint density at radius 3 is 2.63 bits per heavy atom. The number of hydrogen-bond acceptors (Lipinski definition) is 3. The highest BCUT2D eigenvalue weighted by Crippen LogP contribution is 2.26. The van der Waals surface area contributed by atoms with Gasteiger partial charge in [-0.1, -0.05) is 0 Å². The van der Waals surface area contributed by atoms with E-state index in [0.29, 0.717) is 18.2 Å². The fourth-order valence-electron chi connectivity index (χ4n) is 3.43. The molecular weight excluding hydrogens is 236 g/mol. The van der Waals surface area contributed by atoms with Crippen molar-refractivity contribution in [3.05, 3.63) is 28.6 Å². The Bertz CT molecular complexity index is 421. The molecule has 19 heavy (non-hydrogen) atoms. The molecule has 2 rings (SSSR count). The van der Waals surface area contributed by atoms with E-state index >= 15 is 0 Å². The molecular formula is C16H26N2O. The molecule has 1 heterocycles. The molecule has 1 saturated carbocycles. The first-order chi connectivity index (χ1) is 9.01. The monoisotopic (exact) mass is 262 g/mol. The van der Waals surface area contributed by atoms with Gasteiger partial charge < -0.3 is 10.1 Å². The molecule has 1 aromatic heterocycles. The van der Waals surface area contributed by atoms with Crippen LogP contribution in [0.25, 0.3) is 0 Å². The Hall–Kier alpha value is -0.930. The van der Waals surface area contributed by atoms with Crippen LogP contribution in [0.15, 0.2) is 6.07 Å². The lowest BCUT2D eigenvalue weighted by atomic mass is 9.99. The topological polar surface area (TPSA) is 34.1 Å². The first kappa shape index (κ1) is 14.5. The zero-order valence-corrected chi connectivity index (χ0v) is 12.8. The molecule has 3 atom stereocenters. The van der Waals surface area contributed by atoms with Crippen LogP contribution in [0.3, 0.4) is 0 Å². The van der Waals surface area contributed by atoms with Gasteiger partial charge in [0.05, 0.1) is 6.10 Å². The van der Waals surface area contributed by atoms with Crippen molar-refractivity contribution in [3.63, 3.8) is 0 Å². The van der Waals surface area contributed by atoms with E-state index < -0.39 is 0 Å². The number of aromatic nitrogens is 1. The van der Waals surface area contributed by atoms with Crippen molar-refractivity contribution in [3.8, 4) is 0 Å². The van der Waals surface area contributed by atoms with Gasteiger partial charge in [-0.25, -0.2) is 0 Å². The van der Waals surface area contributed by atoms with Crippen molar-refractivity contribution < 1.29 is 4.74 Å². The fraction of sp³-hybridized carbons (Fsp3) is 0.688. The molecule has 0 aromatic carbocycles. The largest absolute Gasteiger partial charge is 0.381 e. The summed E-state index contributed by atoms with van der Waals surface area (Å²) >= 11 is 0. The average molecular weight is 262 g/mol. The minimum atomic E-state index is 0.355. The molecule has 0 spiro atoms. The van der Waals surface area contributed by atoms with E-state index in [9.17, 15) is 0 Å². The number of methoxy groups -OCH3 is 1. The van der Waals surface area contributed by atoms with Crippen LogP contribution in [0.1, 0.15) is 54.7 Å². The molecule has 3 heteroatoms. The molecule has 0 amide bonds. The minimum Gasteiger partial charge on any atom is -0.381 e. The second kappa shape index (κ2) is 6.02. The third kappa shape index (κ3) is 3.34. The van der Waals surface area contributed by atoms with Crippen LogP contribution < -0.4 is 5.32 Å². The number of pyridine rings is 1. The van der Waals surface area contributed by atoms with E-state index in [1.54, 1.807) is 0 Å². The SMILES string of the molecule is COC1CCC(NC(C)c2c(C)cc(C)nc2C)C1. The minimum absolute atomic E-state index is 0.355. The van der Waals surface area contributed by atoms with Crippen molar-refractivity contribution >= 4 is 0 Å². The van der Waals surface area contributed by atoms with Gasteiger partial charge in [0.2, 0.25) is 0 Å². The van der Waals surface area contributed by atoms with E-state index in [4.69, 9.17) is 4.74 Å². The van der Waals surface area contributed by atoms with Crippen LogP contribution in [0.5, 0.6) is 0 Å². The van der Waals surface area contributed by atoms with Gasteiger partial charge in [-0.15, -0.1) is 0 Å².